The van der Waals surface area contributed by atoms with Crippen LogP contribution in [-0.4, -0.2) is 53.9 Å². The molecule has 0 aromatic heterocycles. The molecule has 1 heterocycles. The van der Waals surface area contributed by atoms with Crippen molar-refractivity contribution in [3.8, 4) is 0 Å². The molecule has 1 amide bonds. The quantitative estimate of drug-likeness (QED) is 0.811. The highest BCUT2D eigenvalue weighted by atomic mass is 32.1. The minimum atomic E-state index is -0.0161. The van der Waals surface area contributed by atoms with Crippen LogP contribution in [0.25, 0.3) is 0 Å². The number of hydrogen-bond donors (Lipinski definition) is 1. The van der Waals surface area contributed by atoms with Gasteiger partial charge in [0.15, 0.2) is 0 Å². The molecule has 0 spiro atoms. The number of nitrogens with two attached hydrogens (primary N) is 1. The van der Waals surface area contributed by atoms with Crippen LogP contribution in [-0.2, 0) is 4.79 Å². The van der Waals surface area contributed by atoms with E-state index in [1.807, 2.05) is 47.2 Å². The minimum Gasteiger partial charge on any atom is -0.393 e. The summed E-state index contributed by atoms with van der Waals surface area (Å²) in [4.78, 5) is 16.6. The minimum absolute atomic E-state index is 0.0161. The number of thiocarbonyl (C=S) groups is 1. The van der Waals surface area contributed by atoms with Gasteiger partial charge in [-0.2, -0.15) is 0 Å². The zero-order valence-corrected chi connectivity index (χ0v) is 13.3. The molecule has 5 heteroatoms. The van der Waals surface area contributed by atoms with Gasteiger partial charge in [-0.15, -0.1) is 0 Å². The van der Waals surface area contributed by atoms with Crippen LogP contribution in [0.15, 0.2) is 30.3 Å². The molecule has 0 saturated carbocycles. The van der Waals surface area contributed by atoms with Gasteiger partial charge in [0.25, 0.3) is 0 Å². The largest absolute Gasteiger partial charge is 0.393 e. The highest BCUT2D eigenvalue weighted by Crippen LogP contribution is 2.17. The lowest BCUT2D eigenvalue weighted by Gasteiger charge is -2.25. The number of carbonyl (C=O) groups is 1. The second kappa shape index (κ2) is 7.52. The molecule has 4 nitrogen and oxygen atoms in total. The van der Waals surface area contributed by atoms with Gasteiger partial charge in [-0.1, -0.05) is 42.5 Å². The lowest BCUT2D eigenvalue weighted by Crippen LogP contribution is -2.40. The molecule has 1 atom stereocenters. The first kappa shape index (κ1) is 15.9. The molecule has 0 radical (unpaired) electrons. The van der Waals surface area contributed by atoms with Gasteiger partial charge in [-0.05, 0) is 25.5 Å². The molecule has 114 valence electrons. The number of rotatable bonds is 6. The van der Waals surface area contributed by atoms with E-state index in [4.69, 9.17) is 18.0 Å². The fourth-order valence-corrected chi connectivity index (χ4v) is 2.93. The normalized spacial score (nSPS) is 16.2. The Bertz CT molecular complexity index is 486. The van der Waals surface area contributed by atoms with Gasteiger partial charge in [-0.3, -0.25) is 9.69 Å². The van der Waals surface area contributed by atoms with Crippen molar-refractivity contribution in [1.82, 2.24) is 9.80 Å². The van der Waals surface area contributed by atoms with Crippen LogP contribution in [0.5, 0.6) is 0 Å². The summed E-state index contributed by atoms with van der Waals surface area (Å²) in [5, 5.41) is 0. The number of carbonyl (C=O) groups excluding carboxylic acids is 1. The van der Waals surface area contributed by atoms with Crippen LogP contribution in [0.2, 0.25) is 0 Å². The van der Waals surface area contributed by atoms with Crippen LogP contribution in [0, 0.1) is 0 Å². The Morgan fingerprint density at radius 2 is 1.95 bits per heavy atom. The van der Waals surface area contributed by atoms with Crippen molar-refractivity contribution in [3.05, 3.63) is 35.9 Å². The third-order valence-corrected chi connectivity index (χ3v) is 4.19. The Morgan fingerprint density at radius 3 is 2.52 bits per heavy atom. The third kappa shape index (κ3) is 4.51. The van der Waals surface area contributed by atoms with E-state index >= 15 is 0 Å². The Morgan fingerprint density at radius 1 is 1.33 bits per heavy atom. The standard InChI is InChI=1S/C16H23N3OS/c1-18(12-15(20)19-9-5-6-10-19)11-14(16(17)21)13-7-3-2-4-8-13/h2-4,7-8,14H,5-6,9-12H2,1H3,(H2,17,21). The highest BCUT2D eigenvalue weighted by Gasteiger charge is 2.22. The van der Waals surface area contributed by atoms with Crippen LogP contribution >= 0.6 is 12.2 Å². The fourth-order valence-electron chi connectivity index (χ4n) is 2.72. The van der Waals surface area contributed by atoms with Crippen molar-refractivity contribution in [2.24, 2.45) is 5.73 Å². The van der Waals surface area contributed by atoms with Crippen LogP contribution in [0.3, 0.4) is 0 Å². The first-order valence-electron chi connectivity index (χ1n) is 7.38. The maximum atomic E-state index is 12.2. The molecule has 1 saturated heterocycles. The Kier molecular flexibility index (Phi) is 5.70. The van der Waals surface area contributed by atoms with E-state index in [9.17, 15) is 4.79 Å². The third-order valence-electron chi connectivity index (χ3n) is 3.90. The molecule has 21 heavy (non-hydrogen) atoms. The monoisotopic (exact) mass is 305 g/mol. The van der Waals surface area contributed by atoms with E-state index in [1.165, 1.54) is 0 Å². The molecular formula is C16H23N3OS. The van der Waals surface area contributed by atoms with Crippen molar-refractivity contribution < 1.29 is 4.79 Å². The molecule has 1 aromatic rings. The van der Waals surface area contributed by atoms with Gasteiger partial charge in [0.2, 0.25) is 5.91 Å². The molecule has 1 fully saturated rings. The van der Waals surface area contributed by atoms with Crippen LogP contribution < -0.4 is 5.73 Å². The van der Waals surface area contributed by atoms with E-state index in [1.54, 1.807) is 0 Å². The second-order valence-corrected chi connectivity index (χ2v) is 6.12. The van der Waals surface area contributed by atoms with Gasteiger partial charge in [-0.25, -0.2) is 0 Å². The smallest absolute Gasteiger partial charge is 0.236 e. The molecule has 1 unspecified atom stereocenters. The van der Waals surface area contributed by atoms with E-state index in [0.29, 0.717) is 18.1 Å². The molecule has 2 rings (SSSR count). The lowest BCUT2D eigenvalue weighted by atomic mass is 9.98. The van der Waals surface area contributed by atoms with Crippen molar-refractivity contribution in [2.45, 2.75) is 18.8 Å². The van der Waals surface area contributed by atoms with E-state index in [0.717, 1.165) is 31.5 Å². The first-order valence-corrected chi connectivity index (χ1v) is 7.79. The maximum Gasteiger partial charge on any atom is 0.236 e. The summed E-state index contributed by atoms with van der Waals surface area (Å²) < 4.78 is 0. The first-order chi connectivity index (χ1) is 10.1. The van der Waals surface area contributed by atoms with Crippen molar-refractivity contribution >= 4 is 23.1 Å². The number of likely N-dealkylation sites (tertiary alicyclic amines) is 1. The molecule has 0 bridgehead atoms. The number of likely N-dealkylation sites (N-methyl/N-ethyl adjacent to an activating group) is 1. The topological polar surface area (TPSA) is 49.6 Å². The van der Waals surface area contributed by atoms with Crippen molar-refractivity contribution in [2.75, 3.05) is 33.2 Å². The van der Waals surface area contributed by atoms with E-state index in [-0.39, 0.29) is 11.8 Å². The molecular weight excluding hydrogens is 282 g/mol. The average Bonchev–Trinajstić information content (AvgIpc) is 2.99. The van der Waals surface area contributed by atoms with Gasteiger partial charge in [0, 0.05) is 25.6 Å². The SMILES string of the molecule is CN(CC(=O)N1CCCC1)CC(C(N)=S)c1ccccc1. The zero-order valence-electron chi connectivity index (χ0n) is 12.5. The summed E-state index contributed by atoms with van der Waals surface area (Å²) in [6.45, 7) is 2.87. The second-order valence-electron chi connectivity index (χ2n) is 5.65. The molecule has 1 aliphatic rings. The average molecular weight is 305 g/mol. The predicted molar refractivity (Wildman–Crippen MR) is 89.3 cm³/mol. The predicted octanol–water partition coefficient (Wildman–Crippen LogP) is 1.61. The Hall–Kier alpha value is -1.46. The summed E-state index contributed by atoms with van der Waals surface area (Å²) in [7, 11) is 1.95. The van der Waals surface area contributed by atoms with Gasteiger partial charge in [0.05, 0.1) is 11.5 Å². The van der Waals surface area contributed by atoms with Crippen LogP contribution in [0.1, 0.15) is 24.3 Å². The molecule has 2 N–H and O–H groups in total. The van der Waals surface area contributed by atoms with Crippen LogP contribution in [0.4, 0.5) is 0 Å². The highest BCUT2D eigenvalue weighted by molar-refractivity contribution is 7.80. The van der Waals surface area contributed by atoms with Gasteiger partial charge >= 0.3 is 0 Å². The Balaban J connectivity index is 1.94. The van der Waals surface area contributed by atoms with E-state index < -0.39 is 0 Å². The number of benzene rings is 1. The summed E-state index contributed by atoms with van der Waals surface area (Å²) in [5.74, 6) is 0.183. The van der Waals surface area contributed by atoms with Crippen molar-refractivity contribution in [3.63, 3.8) is 0 Å². The summed E-state index contributed by atoms with van der Waals surface area (Å²) >= 11 is 5.19. The Labute approximate surface area is 131 Å². The number of nitrogens with zero attached hydrogens (tertiary/aromatic N) is 2. The van der Waals surface area contributed by atoms with Gasteiger partial charge in [0.1, 0.15) is 0 Å². The molecule has 0 aliphatic carbocycles. The molecule has 1 aromatic carbocycles. The van der Waals surface area contributed by atoms with E-state index in [2.05, 4.69) is 0 Å². The van der Waals surface area contributed by atoms with Crippen molar-refractivity contribution in [1.29, 1.82) is 0 Å². The number of hydrogen-bond acceptors (Lipinski definition) is 3. The zero-order chi connectivity index (χ0) is 15.2. The summed E-state index contributed by atoms with van der Waals surface area (Å²) in [5.41, 5.74) is 6.98. The molecule has 1 aliphatic heterocycles. The maximum absolute atomic E-state index is 12.2. The summed E-state index contributed by atoms with van der Waals surface area (Å²) in [6.07, 6.45) is 2.24. The lowest BCUT2D eigenvalue weighted by molar-refractivity contribution is -0.131. The number of amides is 1. The summed E-state index contributed by atoms with van der Waals surface area (Å²) in [6, 6.07) is 9.99. The van der Waals surface area contributed by atoms with Gasteiger partial charge < -0.3 is 10.6 Å². The fraction of sp³-hybridized carbons (Fsp3) is 0.500.